The number of para-hydroxylation sites is 4. The van der Waals surface area contributed by atoms with E-state index in [4.69, 9.17) is 9.97 Å². The number of hydrogen-bond donors (Lipinski definition) is 0. The van der Waals surface area contributed by atoms with E-state index in [1.54, 1.807) is 0 Å². The first-order valence-electron chi connectivity index (χ1n) is 10.8. The molecule has 0 atom stereocenters. The van der Waals surface area contributed by atoms with Gasteiger partial charge in [-0.25, -0.2) is 14.4 Å². The van der Waals surface area contributed by atoms with Crippen LogP contribution >= 0.6 is 0 Å². The molecule has 3 aromatic carbocycles. The fraction of sp³-hybridized carbons (Fsp3) is 0.200. The van der Waals surface area contributed by atoms with Crippen LogP contribution in [0.4, 0.5) is 0 Å². The van der Waals surface area contributed by atoms with E-state index in [0.29, 0.717) is 5.92 Å². The van der Waals surface area contributed by atoms with Gasteiger partial charge in [0.2, 0.25) is 11.6 Å². The Bertz CT molecular complexity index is 1640. The number of fused-ring (bicyclic) bond motifs is 10. The zero-order valence-electron chi connectivity index (χ0n) is 16.4. The largest absolute Gasteiger partial charge is 0.276 e. The SMILES string of the molecule is c1ccc2c(c1)nc1n2c2cc(C3CCCC3)cc3c2n1c1nc2ccccc2n31. The van der Waals surface area contributed by atoms with Crippen molar-refractivity contribution in [2.75, 3.05) is 0 Å². The van der Waals surface area contributed by atoms with Gasteiger partial charge in [0.1, 0.15) is 5.52 Å². The van der Waals surface area contributed by atoms with Crippen molar-refractivity contribution in [3.05, 3.63) is 66.2 Å². The van der Waals surface area contributed by atoms with E-state index in [-0.39, 0.29) is 0 Å². The molecule has 5 nitrogen and oxygen atoms in total. The highest BCUT2D eigenvalue weighted by molar-refractivity contribution is 6.04. The van der Waals surface area contributed by atoms with Crippen LogP contribution in [0.25, 0.3) is 50.2 Å². The van der Waals surface area contributed by atoms with Crippen molar-refractivity contribution in [2.24, 2.45) is 0 Å². The Hall–Kier alpha value is -3.60. The van der Waals surface area contributed by atoms with Crippen LogP contribution in [0.5, 0.6) is 0 Å². The Morgan fingerprint density at radius 3 is 1.73 bits per heavy atom. The van der Waals surface area contributed by atoms with Gasteiger partial charge >= 0.3 is 0 Å². The predicted octanol–water partition coefficient (Wildman–Crippen LogP) is 5.79. The first-order valence-corrected chi connectivity index (χ1v) is 10.8. The van der Waals surface area contributed by atoms with Crippen molar-refractivity contribution in [3.63, 3.8) is 0 Å². The number of imidazole rings is 4. The molecule has 0 radical (unpaired) electrons. The van der Waals surface area contributed by atoms with Crippen molar-refractivity contribution >= 4 is 50.2 Å². The number of rotatable bonds is 1. The van der Waals surface area contributed by atoms with Gasteiger partial charge in [0.15, 0.2) is 0 Å². The number of aromatic nitrogens is 5. The summed E-state index contributed by atoms with van der Waals surface area (Å²) < 4.78 is 6.91. The average molecular weight is 389 g/mol. The Morgan fingerprint density at radius 2 is 1.17 bits per heavy atom. The molecule has 4 aromatic heterocycles. The van der Waals surface area contributed by atoms with Crippen molar-refractivity contribution in [3.8, 4) is 0 Å². The van der Waals surface area contributed by atoms with E-state index >= 15 is 0 Å². The molecule has 0 unspecified atom stereocenters. The molecular formula is C25H19N5. The fourth-order valence-electron chi connectivity index (χ4n) is 5.78. The van der Waals surface area contributed by atoms with Gasteiger partial charge in [0, 0.05) is 0 Å². The highest BCUT2D eigenvalue weighted by atomic mass is 15.3. The summed E-state index contributed by atoms with van der Waals surface area (Å²) in [5.41, 5.74) is 9.54. The average Bonchev–Trinajstić information content (AvgIpc) is 3.56. The third kappa shape index (κ3) is 1.67. The molecule has 7 aromatic rings. The summed E-state index contributed by atoms with van der Waals surface area (Å²) in [4.78, 5) is 10.1. The van der Waals surface area contributed by atoms with E-state index in [1.165, 1.54) is 47.8 Å². The molecule has 0 spiro atoms. The zero-order valence-corrected chi connectivity index (χ0v) is 16.4. The van der Waals surface area contributed by atoms with E-state index in [2.05, 4.69) is 73.9 Å². The standard InChI is InChI=1S/C25H19N5/c1-2-8-15(7-1)16-13-21-23-22(14-16)29-20-12-6-4-10-18(20)27-25(29)30(23)24-26-17-9-3-5-11-19(17)28(21)24/h3-6,9-15H,1-2,7-8H2. The predicted molar refractivity (Wildman–Crippen MR) is 120 cm³/mol. The van der Waals surface area contributed by atoms with Crippen molar-refractivity contribution in [1.29, 1.82) is 0 Å². The maximum absolute atomic E-state index is 5.03. The summed E-state index contributed by atoms with van der Waals surface area (Å²) in [7, 11) is 0. The minimum atomic E-state index is 0.651. The lowest BCUT2D eigenvalue weighted by molar-refractivity contribution is 0.724. The molecule has 30 heavy (non-hydrogen) atoms. The van der Waals surface area contributed by atoms with Crippen LogP contribution in [-0.4, -0.2) is 23.2 Å². The summed E-state index contributed by atoms with van der Waals surface area (Å²) in [5.74, 6) is 2.55. The molecule has 8 rings (SSSR count). The quantitative estimate of drug-likeness (QED) is 0.356. The first kappa shape index (κ1) is 15.3. The molecule has 0 bridgehead atoms. The first-order chi connectivity index (χ1) is 14.9. The maximum Gasteiger partial charge on any atom is 0.223 e. The van der Waals surface area contributed by atoms with Crippen LogP contribution in [-0.2, 0) is 0 Å². The lowest BCUT2D eigenvalue weighted by Gasteiger charge is -2.10. The molecule has 0 N–H and O–H groups in total. The monoisotopic (exact) mass is 389 g/mol. The molecule has 1 saturated carbocycles. The summed E-state index contributed by atoms with van der Waals surface area (Å²) in [6, 6.07) is 21.7. The van der Waals surface area contributed by atoms with E-state index in [9.17, 15) is 0 Å². The summed E-state index contributed by atoms with van der Waals surface area (Å²) >= 11 is 0. The van der Waals surface area contributed by atoms with E-state index in [1.807, 2.05) is 0 Å². The topological polar surface area (TPSA) is 39.0 Å². The minimum Gasteiger partial charge on any atom is -0.276 e. The molecular weight excluding hydrogens is 370 g/mol. The van der Waals surface area contributed by atoms with Crippen LogP contribution in [0.3, 0.4) is 0 Å². The molecule has 1 fully saturated rings. The van der Waals surface area contributed by atoms with Crippen molar-refractivity contribution in [1.82, 2.24) is 23.2 Å². The lowest BCUT2D eigenvalue weighted by Crippen LogP contribution is -1.94. The fourth-order valence-corrected chi connectivity index (χ4v) is 5.78. The van der Waals surface area contributed by atoms with E-state index < -0.39 is 0 Å². The Morgan fingerprint density at radius 1 is 0.633 bits per heavy atom. The van der Waals surface area contributed by atoms with Crippen LogP contribution in [0.15, 0.2) is 60.7 Å². The highest BCUT2D eigenvalue weighted by Gasteiger charge is 2.26. The number of hydrogen-bond acceptors (Lipinski definition) is 2. The van der Waals surface area contributed by atoms with Crippen LogP contribution < -0.4 is 0 Å². The van der Waals surface area contributed by atoms with Gasteiger partial charge in [0.05, 0.1) is 33.1 Å². The van der Waals surface area contributed by atoms with Gasteiger partial charge < -0.3 is 0 Å². The second-order valence-corrected chi connectivity index (χ2v) is 8.70. The lowest BCUT2D eigenvalue weighted by atomic mass is 9.97. The van der Waals surface area contributed by atoms with Gasteiger partial charge in [-0.1, -0.05) is 37.1 Å². The molecule has 4 heterocycles. The van der Waals surface area contributed by atoms with Gasteiger partial charge in [-0.3, -0.25) is 8.80 Å². The highest BCUT2D eigenvalue weighted by Crippen LogP contribution is 2.40. The second kappa shape index (κ2) is 5.11. The molecule has 0 saturated heterocycles. The third-order valence-corrected chi connectivity index (χ3v) is 7.11. The van der Waals surface area contributed by atoms with Gasteiger partial charge in [-0.15, -0.1) is 0 Å². The van der Waals surface area contributed by atoms with Gasteiger partial charge in [0.25, 0.3) is 0 Å². The number of nitrogens with zero attached hydrogens (tertiary/aromatic N) is 5. The molecule has 0 aliphatic heterocycles. The van der Waals surface area contributed by atoms with Crippen LogP contribution in [0.1, 0.15) is 37.2 Å². The second-order valence-electron chi connectivity index (χ2n) is 8.70. The normalized spacial score (nSPS) is 16.0. The maximum atomic E-state index is 5.03. The Kier molecular flexibility index (Phi) is 2.60. The number of benzene rings is 3. The molecule has 0 amide bonds. The molecule has 5 heteroatoms. The Labute approximate surface area is 171 Å². The summed E-state index contributed by atoms with van der Waals surface area (Å²) in [6.07, 6.45) is 5.25. The van der Waals surface area contributed by atoms with Crippen LogP contribution in [0.2, 0.25) is 0 Å². The summed E-state index contributed by atoms with van der Waals surface area (Å²) in [6.45, 7) is 0. The third-order valence-electron chi connectivity index (χ3n) is 7.11. The van der Waals surface area contributed by atoms with Crippen molar-refractivity contribution in [2.45, 2.75) is 31.6 Å². The van der Waals surface area contributed by atoms with Gasteiger partial charge in [-0.2, -0.15) is 0 Å². The van der Waals surface area contributed by atoms with E-state index in [0.717, 1.165) is 33.6 Å². The summed E-state index contributed by atoms with van der Waals surface area (Å²) in [5, 5.41) is 0. The Balaban J connectivity index is 1.68. The molecule has 1 aliphatic carbocycles. The van der Waals surface area contributed by atoms with Gasteiger partial charge in [-0.05, 0) is 60.7 Å². The molecule has 144 valence electrons. The minimum absolute atomic E-state index is 0.651. The molecule has 1 aliphatic rings. The van der Waals surface area contributed by atoms with Crippen molar-refractivity contribution < 1.29 is 0 Å². The smallest absolute Gasteiger partial charge is 0.223 e. The van der Waals surface area contributed by atoms with Crippen LogP contribution in [0, 0.1) is 0 Å². The zero-order chi connectivity index (χ0) is 19.4.